The lowest BCUT2D eigenvalue weighted by molar-refractivity contribution is 0.0724. The molecule has 2 aromatic heterocycles. The number of hydrogen-bond donors (Lipinski definition) is 1. The first-order chi connectivity index (χ1) is 13.6. The van der Waals surface area contributed by atoms with Crippen molar-refractivity contribution in [2.24, 2.45) is 0 Å². The van der Waals surface area contributed by atoms with Crippen LogP contribution >= 0.6 is 0 Å². The standard InChI is InChI=1S/C22H24N4O2/c1-16(23-21(27)20-15-19-7-3-6-14-26(19)24-20)17-8-10-18(11-9-17)22(28)25-12-4-2-5-13-25/h3,6-11,14-16H,2,4-5,12-13H2,1H3,(H,23,27)/t16-/m1/s1. The Bertz CT molecular complexity index is 954. The Morgan fingerprint density at radius 2 is 1.79 bits per heavy atom. The molecule has 1 aromatic carbocycles. The maximum absolute atomic E-state index is 12.6. The monoisotopic (exact) mass is 376 g/mol. The van der Waals surface area contributed by atoms with Gasteiger partial charge in [-0.05, 0) is 62.1 Å². The molecule has 3 heterocycles. The number of aromatic nitrogens is 2. The predicted octanol–water partition coefficient (Wildman–Crippen LogP) is 3.45. The third kappa shape index (κ3) is 3.76. The predicted molar refractivity (Wildman–Crippen MR) is 107 cm³/mol. The number of benzene rings is 1. The maximum Gasteiger partial charge on any atom is 0.272 e. The number of fused-ring (bicyclic) bond motifs is 1. The highest BCUT2D eigenvalue weighted by Crippen LogP contribution is 2.17. The fourth-order valence-corrected chi connectivity index (χ4v) is 3.60. The highest BCUT2D eigenvalue weighted by atomic mass is 16.2. The van der Waals surface area contributed by atoms with E-state index in [0.29, 0.717) is 11.3 Å². The van der Waals surface area contributed by atoms with Gasteiger partial charge in [-0.15, -0.1) is 0 Å². The molecule has 1 aliphatic rings. The van der Waals surface area contributed by atoms with Gasteiger partial charge in [0.1, 0.15) is 0 Å². The summed E-state index contributed by atoms with van der Waals surface area (Å²) in [5.74, 6) is -0.127. The molecule has 0 unspecified atom stereocenters. The number of rotatable bonds is 4. The Hall–Kier alpha value is -3.15. The lowest BCUT2D eigenvalue weighted by atomic mass is 10.0. The minimum Gasteiger partial charge on any atom is -0.344 e. The Labute approximate surface area is 164 Å². The van der Waals surface area contributed by atoms with Crippen molar-refractivity contribution >= 4 is 17.3 Å². The molecule has 4 rings (SSSR count). The topological polar surface area (TPSA) is 66.7 Å². The Kier molecular flexibility index (Phi) is 5.10. The Morgan fingerprint density at radius 1 is 1.04 bits per heavy atom. The minimum atomic E-state index is -0.218. The Balaban J connectivity index is 1.42. The Morgan fingerprint density at radius 3 is 2.50 bits per heavy atom. The molecule has 0 spiro atoms. The van der Waals surface area contributed by atoms with Gasteiger partial charge >= 0.3 is 0 Å². The van der Waals surface area contributed by atoms with Crippen LogP contribution in [0.3, 0.4) is 0 Å². The molecule has 6 nitrogen and oxygen atoms in total. The number of carbonyl (C=O) groups is 2. The van der Waals surface area contributed by atoms with Crippen LogP contribution in [0.4, 0.5) is 0 Å². The second kappa shape index (κ2) is 7.84. The summed E-state index contributed by atoms with van der Waals surface area (Å²) < 4.78 is 1.68. The molecule has 2 amide bonds. The summed E-state index contributed by atoms with van der Waals surface area (Å²) in [5.41, 5.74) is 2.91. The number of nitrogens with one attached hydrogen (secondary N) is 1. The first kappa shape index (κ1) is 18.2. The van der Waals surface area contributed by atoms with Crippen LogP contribution < -0.4 is 5.32 Å². The number of pyridine rings is 1. The normalized spacial score (nSPS) is 15.4. The van der Waals surface area contributed by atoms with Crippen molar-refractivity contribution in [3.63, 3.8) is 0 Å². The van der Waals surface area contributed by atoms with E-state index in [1.807, 2.05) is 60.5 Å². The second-order valence-electron chi connectivity index (χ2n) is 7.27. The lowest BCUT2D eigenvalue weighted by Gasteiger charge is -2.26. The third-order valence-electron chi connectivity index (χ3n) is 5.25. The van der Waals surface area contributed by atoms with Gasteiger partial charge in [-0.1, -0.05) is 18.2 Å². The van der Waals surface area contributed by atoms with E-state index in [1.54, 1.807) is 10.6 Å². The summed E-state index contributed by atoms with van der Waals surface area (Å²) in [6, 6.07) is 14.8. The van der Waals surface area contributed by atoms with Crippen molar-refractivity contribution in [2.75, 3.05) is 13.1 Å². The number of nitrogens with zero attached hydrogens (tertiary/aromatic N) is 3. The molecule has 6 heteroatoms. The zero-order valence-corrected chi connectivity index (χ0v) is 16.0. The zero-order valence-electron chi connectivity index (χ0n) is 16.0. The van der Waals surface area contributed by atoms with Gasteiger partial charge in [0.25, 0.3) is 11.8 Å². The summed E-state index contributed by atoms with van der Waals surface area (Å²) in [5, 5.41) is 7.28. The molecular weight excluding hydrogens is 352 g/mol. The van der Waals surface area contributed by atoms with Gasteiger partial charge in [-0.3, -0.25) is 9.59 Å². The zero-order chi connectivity index (χ0) is 19.5. The van der Waals surface area contributed by atoms with E-state index in [-0.39, 0.29) is 17.9 Å². The summed E-state index contributed by atoms with van der Waals surface area (Å²) in [7, 11) is 0. The van der Waals surface area contributed by atoms with Crippen molar-refractivity contribution in [2.45, 2.75) is 32.2 Å². The van der Waals surface area contributed by atoms with E-state index in [4.69, 9.17) is 0 Å². The molecule has 1 fully saturated rings. The van der Waals surface area contributed by atoms with E-state index < -0.39 is 0 Å². The van der Waals surface area contributed by atoms with Crippen LogP contribution in [0.2, 0.25) is 0 Å². The van der Waals surface area contributed by atoms with E-state index in [0.717, 1.165) is 37.0 Å². The number of amides is 2. The number of hydrogen-bond acceptors (Lipinski definition) is 3. The van der Waals surface area contributed by atoms with Crippen molar-refractivity contribution in [3.05, 3.63) is 71.5 Å². The van der Waals surface area contributed by atoms with Gasteiger partial charge < -0.3 is 10.2 Å². The van der Waals surface area contributed by atoms with Gasteiger partial charge in [0.05, 0.1) is 11.6 Å². The van der Waals surface area contributed by atoms with E-state index in [2.05, 4.69) is 10.4 Å². The number of carbonyl (C=O) groups excluding carboxylic acids is 2. The SMILES string of the molecule is C[C@@H](NC(=O)c1cc2ccccn2n1)c1ccc(C(=O)N2CCCCC2)cc1. The molecule has 1 aliphatic heterocycles. The van der Waals surface area contributed by atoms with E-state index in [9.17, 15) is 9.59 Å². The van der Waals surface area contributed by atoms with Crippen LogP contribution in [0, 0.1) is 0 Å². The van der Waals surface area contributed by atoms with Gasteiger partial charge in [0, 0.05) is 24.8 Å². The molecule has 0 radical (unpaired) electrons. The lowest BCUT2D eigenvalue weighted by Crippen LogP contribution is -2.35. The summed E-state index contributed by atoms with van der Waals surface area (Å²) in [4.78, 5) is 27.0. The van der Waals surface area contributed by atoms with Gasteiger partial charge in [-0.2, -0.15) is 5.10 Å². The fourth-order valence-electron chi connectivity index (χ4n) is 3.60. The molecule has 1 atom stereocenters. The number of likely N-dealkylation sites (tertiary alicyclic amines) is 1. The summed E-state index contributed by atoms with van der Waals surface area (Å²) in [6.07, 6.45) is 5.17. The highest BCUT2D eigenvalue weighted by Gasteiger charge is 2.19. The first-order valence-corrected chi connectivity index (χ1v) is 9.76. The average Bonchev–Trinajstić information content (AvgIpc) is 3.18. The van der Waals surface area contributed by atoms with Crippen molar-refractivity contribution in [3.8, 4) is 0 Å². The molecule has 28 heavy (non-hydrogen) atoms. The molecule has 1 saturated heterocycles. The van der Waals surface area contributed by atoms with Crippen LogP contribution in [0.1, 0.15) is 58.6 Å². The first-order valence-electron chi connectivity index (χ1n) is 9.76. The van der Waals surface area contributed by atoms with Crippen molar-refractivity contribution in [1.82, 2.24) is 19.8 Å². The summed E-state index contributed by atoms with van der Waals surface area (Å²) >= 11 is 0. The maximum atomic E-state index is 12.6. The average molecular weight is 376 g/mol. The van der Waals surface area contributed by atoms with E-state index >= 15 is 0 Å². The highest BCUT2D eigenvalue weighted by molar-refractivity contribution is 5.95. The third-order valence-corrected chi connectivity index (χ3v) is 5.25. The molecule has 144 valence electrons. The summed E-state index contributed by atoms with van der Waals surface area (Å²) in [6.45, 7) is 3.60. The fraction of sp³-hybridized carbons (Fsp3) is 0.318. The van der Waals surface area contributed by atoms with Gasteiger partial charge in [-0.25, -0.2) is 4.52 Å². The van der Waals surface area contributed by atoms with Crippen LogP contribution in [0.15, 0.2) is 54.7 Å². The number of piperidine rings is 1. The largest absolute Gasteiger partial charge is 0.344 e. The molecule has 1 N–H and O–H groups in total. The smallest absolute Gasteiger partial charge is 0.272 e. The van der Waals surface area contributed by atoms with E-state index in [1.165, 1.54) is 6.42 Å². The van der Waals surface area contributed by atoms with Crippen molar-refractivity contribution in [1.29, 1.82) is 0 Å². The molecule has 0 aliphatic carbocycles. The van der Waals surface area contributed by atoms with Crippen LogP contribution in [-0.2, 0) is 0 Å². The van der Waals surface area contributed by atoms with Gasteiger partial charge in [0.15, 0.2) is 5.69 Å². The quantitative estimate of drug-likeness (QED) is 0.758. The van der Waals surface area contributed by atoms with Crippen LogP contribution in [-0.4, -0.2) is 39.4 Å². The van der Waals surface area contributed by atoms with Crippen molar-refractivity contribution < 1.29 is 9.59 Å². The van der Waals surface area contributed by atoms with Crippen LogP contribution in [0.25, 0.3) is 5.52 Å². The second-order valence-corrected chi connectivity index (χ2v) is 7.27. The van der Waals surface area contributed by atoms with Gasteiger partial charge in [0.2, 0.25) is 0 Å². The molecular formula is C22H24N4O2. The molecule has 0 saturated carbocycles. The minimum absolute atomic E-state index is 0.0904. The molecule has 0 bridgehead atoms. The molecule has 3 aromatic rings. The van der Waals surface area contributed by atoms with Crippen LogP contribution in [0.5, 0.6) is 0 Å².